The molecular weight excluding hydrogens is 356 g/mol. The van der Waals surface area contributed by atoms with Crippen molar-refractivity contribution in [3.8, 4) is 0 Å². The highest BCUT2D eigenvalue weighted by Crippen LogP contribution is 2.36. The minimum atomic E-state index is -1.44. The summed E-state index contributed by atoms with van der Waals surface area (Å²) in [6.07, 6.45) is 1.12. The van der Waals surface area contributed by atoms with E-state index in [1.807, 2.05) is 6.07 Å². The van der Waals surface area contributed by atoms with Gasteiger partial charge in [0, 0.05) is 16.9 Å². The second-order valence-electron chi connectivity index (χ2n) is 5.76. The third-order valence-electron chi connectivity index (χ3n) is 4.17. The maximum absolute atomic E-state index is 12.9. The maximum Gasteiger partial charge on any atom is 0.312 e. The first-order valence-electron chi connectivity index (χ1n) is 8.57. The van der Waals surface area contributed by atoms with E-state index < -0.39 is 40.7 Å². The molecule has 1 aromatic carbocycles. The lowest BCUT2D eigenvalue weighted by molar-refractivity contribution is -0.165. The van der Waals surface area contributed by atoms with Gasteiger partial charge in [-0.15, -0.1) is 0 Å². The molecule has 0 spiro atoms. The van der Waals surface area contributed by atoms with E-state index in [2.05, 4.69) is 0 Å². The molecule has 1 aliphatic carbocycles. The summed E-state index contributed by atoms with van der Waals surface area (Å²) in [6.45, 7) is 3.80. The van der Waals surface area contributed by atoms with Crippen molar-refractivity contribution in [2.45, 2.75) is 31.3 Å². The van der Waals surface area contributed by atoms with Gasteiger partial charge >= 0.3 is 11.9 Å². The summed E-state index contributed by atoms with van der Waals surface area (Å²) in [4.78, 5) is 26.1. The number of hydrogen-bond donors (Lipinski definition) is 0. The molecule has 4 atom stereocenters. The molecule has 1 unspecified atom stereocenters. The van der Waals surface area contributed by atoms with E-state index in [4.69, 9.17) is 14.2 Å². The van der Waals surface area contributed by atoms with Crippen LogP contribution in [-0.2, 0) is 34.6 Å². The zero-order valence-corrected chi connectivity index (χ0v) is 16.0. The highest BCUT2D eigenvalue weighted by molar-refractivity contribution is 7.89. The third-order valence-corrected chi connectivity index (χ3v) is 5.65. The van der Waals surface area contributed by atoms with Gasteiger partial charge in [0.05, 0.1) is 36.0 Å². The molecule has 0 aromatic heterocycles. The largest absolute Gasteiger partial charge is 0.466 e. The number of carbonyl (C=O) groups excluding carboxylic acids is 2. The molecular formula is C19H24O6S. The fraction of sp³-hybridized carbons (Fsp3) is 0.474. The Morgan fingerprint density at radius 1 is 1.08 bits per heavy atom. The fourth-order valence-corrected chi connectivity index (χ4v) is 4.29. The van der Waals surface area contributed by atoms with E-state index >= 15 is 0 Å². The molecule has 2 rings (SSSR count). The summed E-state index contributed by atoms with van der Waals surface area (Å²) >= 11 is 0. The molecule has 0 saturated carbocycles. The van der Waals surface area contributed by atoms with Crippen LogP contribution in [0, 0.1) is 11.8 Å². The Bertz CT molecular complexity index is 685. The Hall–Kier alpha value is -1.99. The number of methoxy groups -OCH3 is 1. The second-order valence-corrected chi connectivity index (χ2v) is 7.29. The monoisotopic (exact) mass is 380 g/mol. The molecule has 1 aliphatic rings. The van der Waals surface area contributed by atoms with E-state index in [0.29, 0.717) is 9.80 Å². The summed E-state index contributed by atoms with van der Waals surface area (Å²) in [5, 5.41) is 0. The van der Waals surface area contributed by atoms with Gasteiger partial charge in [0.1, 0.15) is 5.92 Å². The highest BCUT2D eigenvalue weighted by atomic mass is 32.2. The van der Waals surface area contributed by atoms with Gasteiger partial charge in [-0.1, -0.05) is 18.2 Å². The van der Waals surface area contributed by atoms with Gasteiger partial charge in [0.2, 0.25) is 0 Å². The lowest BCUT2D eigenvalue weighted by Crippen LogP contribution is -2.43. The summed E-state index contributed by atoms with van der Waals surface area (Å²) < 4.78 is 28.6. The summed E-state index contributed by atoms with van der Waals surface area (Å²) in [5.74, 6) is -2.65. The van der Waals surface area contributed by atoms with Crippen LogP contribution in [0.2, 0.25) is 0 Å². The fourth-order valence-electron chi connectivity index (χ4n) is 2.99. The minimum Gasteiger partial charge on any atom is -0.466 e. The zero-order valence-electron chi connectivity index (χ0n) is 15.2. The molecule has 142 valence electrons. The van der Waals surface area contributed by atoms with E-state index in [9.17, 15) is 13.8 Å². The Morgan fingerprint density at radius 2 is 1.69 bits per heavy atom. The first-order valence-corrected chi connectivity index (χ1v) is 9.72. The summed E-state index contributed by atoms with van der Waals surface area (Å²) in [7, 11) is 0.00439. The van der Waals surface area contributed by atoms with Gasteiger partial charge in [-0.3, -0.25) is 9.59 Å². The Labute approximate surface area is 156 Å². The first-order chi connectivity index (χ1) is 12.5. The minimum absolute atomic E-state index is 0.156. The average Bonchev–Trinajstić information content (AvgIpc) is 2.67. The molecule has 0 N–H and O–H groups in total. The summed E-state index contributed by atoms with van der Waals surface area (Å²) in [5.41, 5.74) is 0. The lowest BCUT2D eigenvalue weighted by Gasteiger charge is -2.33. The van der Waals surface area contributed by atoms with Gasteiger partial charge < -0.3 is 14.2 Å². The van der Waals surface area contributed by atoms with Crippen LogP contribution < -0.4 is 0 Å². The number of carbonyl (C=O) groups is 2. The predicted octanol–water partition coefficient (Wildman–Crippen LogP) is 2.46. The molecule has 0 fully saturated rings. The van der Waals surface area contributed by atoms with Crippen molar-refractivity contribution in [1.29, 1.82) is 0 Å². The van der Waals surface area contributed by atoms with Crippen molar-refractivity contribution < 1.29 is 28.0 Å². The molecule has 0 aliphatic heterocycles. The van der Waals surface area contributed by atoms with Crippen LogP contribution in [0.3, 0.4) is 0 Å². The molecule has 0 bridgehead atoms. The molecule has 0 saturated heterocycles. The molecule has 0 heterocycles. The van der Waals surface area contributed by atoms with Crippen molar-refractivity contribution in [3.05, 3.63) is 41.3 Å². The lowest BCUT2D eigenvalue weighted by atomic mass is 9.80. The molecule has 0 amide bonds. The van der Waals surface area contributed by atoms with Crippen LogP contribution in [0.15, 0.2) is 46.2 Å². The van der Waals surface area contributed by atoms with Crippen LogP contribution in [0.1, 0.15) is 20.3 Å². The number of allylic oxidation sites excluding steroid dienone is 1. The first kappa shape index (κ1) is 20.3. The zero-order chi connectivity index (χ0) is 19.1. The number of benzene rings is 1. The van der Waals surface area contributed by atoms with Crippen molar-refractivity contribution in [3.63, 3.8) is 0 Å². The standard InChI is InChI=1S/C19H24O6S/c1-4-24-18(20)15-11-14(26(22)13-9-7-6-8-10-13)12-16(23-3)17(15)19(21)25-5-2/h6-10,12,15-17H,4-5,11H2,1-3H3/t15-,16+,17-,26?/m1/s1. The highest BCUT2D eigenvalue weighted by Gasteiger charge is 2.45. The van der Waals surface area contributed by atoms with Gasteiger partial charge in [0.15, 0.2) is 0 Å². The second kappa shape index (κ2) is 9.64. The number of esters is 2. The van der Waals surface area contributed by atoms with Crippen molar-refractivity contribution in [2.75, 3.05) is 20.3 Å². The summed E-state index contributed by atoms with van der Waals surface area (Å²) in [6, 6.07) is 8.96. The van der Waals surface area contributed by atoms with Crippen LogP contribution in [0.5, 0.6) is 0 Å². The Kier molecular flexibility index (Phi) is 7.53. The molecule has 26 heavy (non-hydrogen) atoms. The third kappa shape index (κ3) is 4.59. The predicted molar refractivity (Wildman–Crippen MR) is 96.6 cm³/mol. The quantitative estimate of drug-likeness (QED) is 0.676. The van der Waals surface area contributed by atoms with Crippen LogP contribution in [0.4, 0.5) is 0 Å². The molecule has 6 nitrogen and oxygen atoms in total. The van der Waals surface area contributed by atoms with Gasteiger partial charge in [-0.05, 0) is 38.5 Å². The Morgan fingerprint density at radius 3 is 2.27 bits per heavy atom. The number of ether oxygens (including phenoxy) is 3. The van der Waals surface area contributed by atoms with Crippen molar-refractivity contribution in [2.24, 2.45) is 11.8 Å². The van der Waals surface area contributed by atoms with Crippen molar-refractivity contribution >= 4 is 22.7 Å². The van der Waals surface area contributed by atoms with Gasteiger partial charge in [0.25, 0.3) is 0 Å². The smallest absolute Gasteiger partial charge is 0.312 e. The van der Waals surface area contributed by atoms with E-state index in [1.54, 1.807) is 44.2 Å². The van der Waals surface area contributed by atoms with E-state index in [-0.39, 0.29) is 19.6 Å². The SMILES string of the molecule is CCOC(=O)[C@H]1[C@@H](OC)C=C(S(=O)c2ccccc2)C[C@H]1C(=O)OCC. The van der Waals surface area contributed by atoms with Crippen LogP contribution in [-0.4, -0.2) is 42.6 Å². The van der Waals surface area contributed by atoms with E-state index in [0.717, 1.165) is 0 Å². The normalized spacial score (nSPS) is 23.7. The Balaban J connectivity index is 2.38. The van der Waals surface area contributed by atoms with Crippen LogP contribution >= 0.6 is 0 Å². The molecule has 1 aromatic rings. The van der Waals surface area contributed by atoms with Gasteiger partial charge in [-0.25, -0.2) is 4.21 Å². The topological polar surface area (TPSA) is 78.9 Å². The van der Waals surface area contributed by atoms with Crippen molar-refractivity contribution in [1.82, 2.24) is 0 Å². The molecule has 0 radical (unpaired) electrons. The van der Waals surface area contributed by atoms with Gasteiger partial charge in [-0.2, -0.15) is 0 Å². The average molecular weight is 380 g/mol. The molecule has 7 heteroatoms. The number of hydrogen-bond acceptors (Lipinski definition) is 6. The van der Waals surface area contributed by atoms with E-state index in [1.165, 1.54) is 7.11 Å². The van der Waals surface area contributed by atoms with Crippen LogP contribution in [0.25, 0.3) is 0 Å². The number of rotatable bonds is 7. The maximum atomic E-state index is 12.9.